The first-order valence-corrected chi connectivity index (χ1v) is 7.97. The van der Waals surface area contributed by atoms with Crippen molar-refractivity contribution in [3.8, 4) is 0 Å². The van der Waals surface area contributed by atoms with E-state index in [2.05, 4.69) is 52.2 Å². The van der Waals surface area contributed by atoms with Crippen LogP contribution >= 0.6 is 15.9 Å². The summed E-state index contributed by atoms with van der Waals surface area (Å²) < 4.78 is 7.04. The second kappa shape index (κ2) is 7.36. The predicted octanol–water partition coefficient (Wildman–Crippen LogP) is 3.32. The number of aromatic nitrogens is 1. The van der Waals surface area contributed by atoms with E-state index in [1.54, 1.807) is 0 Å². The molecule has 1 aliphatic rings. The Labute approximate surface area is 124 Å². The van der Waals surface area contributed by atoms with Crippen LogP contribution in [-0.4, -0.2) is 29.8 Å². The Bertz CT molecular complexity index is 382. The smallest absolute Gasteiger partial charge is 0.0736 e. The number of rotatable bonds is 6. The molecule has 0 bridgehead atoms. The molecule has 1 N–H and O–H groups in total. The summed E-state index contributed by atoms with van der Waals surface area (Å²) >= 11 is 3.42. The Morgan fingerprint density at radius 2 is 2.32 bits per heavy atom. The Morgan fingerprint density at radius 3 is 2.89 bits per heavy atom. The van der Waals surface area contributed by atoms with E-state index in [4.69, 9.17) is 4.74 Å². The number of hydrogen-bond acceptors (Lipinski definition) is 3. The number of nitrogens with one attached hydrogen (secondary N) is 1. The van der Waals surface area contributed by atoms with Crippen LogP contribution in [0.1, 0.15) is 38.8 Å². The first-order chi connectivity index (χ1) is 9.19. The van der Waals surface area contributed by atoms with Crippen LogP contribution in [0.15, 0.2) is 22.8 Å². The van der Waals surface area contributed by atoms with Crippen molar-refractivity contribution >= 4 is 15.9 Å². The lowest BCUT2D eigenvalue weighted by Gasteiger charge is -2.24. The molecule has 3 nitrogen and oxygen atoms in total. The lowest BCUT2D eigenvalue weighted by Crippen LogP contribution is -2.42. The van der Waals surface area contributed by atoms with E-state index < -0.39 is 0 Å². The van der Waals surface area contributed by atoms with Crippen molar-refractivity contribution in [2.24, 2.45) is 0 Å². The summed E-state index contributed by atoms with van der Waals surface area (Å²) in [6.45, 7) is 5.39. The molecule has 3 unspecified atom stereocenters. The number of pyridine rings is 1. The van der Waals surface area contributed by atoms with E-state index in [9.17, 15) is 0 Å². The second-order valence-corrected chi connectivity index (χ2v) is 6.21. The van der Waals surface area contributed by atoms with Crippen molar-refractivity contribution in [3.05, 3.63) is 28.5 Å². The largest absolute Gasteiger partial charge is 0.374 e. The molecule has 1 fully saturated rings. The van der Waals surface area contributed by atoms with Gasteiger partial charge in [0.15, 0.2) is 0 Å². The first-order valence-electron chi connectivity index (χ1n) is 7.18. The van der Waals surface area contributed by atoms with Crippen LogP contribution in [0.4, 0.5) is 0 Å². The molecule has 0 aliphatic carbocycles. The van der Waals surface area contributed by atoms with Gasteiger partial charge in [0.25, 0.3) is 0 Å². The molecule has 19 heavy (non-hydrogen) atoms. The molecule has 2 heterocycles. The van der Waals surface area contributed by atoms with Gasteiger partial charge in [-0.3, -0.25) is 4.98 Å². The quantitative estimate of drug-likeness (QED) is 0.870. The highest BCUT2D eigenvalue weighted by Gasteiger charge is 2.29. The van der Waals surface area contributed by atoms with Crippen molar-refractivity contribution in [1.82, 2.24) is 10.3 Å². The van der Waals surface area contributed by atoms with Crippen LogP contribution in [-0.2, 0) is 11.2 Å². The predicted molar refractivity (Wildman–Crippen MR) is 81.3 cm³/mol. The minimum atomic E-state index is 0.326. The molecule has 0 radical (unpaired) electrons. The minimum absolute atomic E-state index is 0.326. The molecule has 0 saturated carbocycles. The molecule has 3 atom stereocenters. The highest BCUT2D eigenvalue weighted by Crippen LogP contribution is 2.23. The zero-order valence-electron chi connectivity index (χ0n) is 11.7. The molecule has 0 spiro atoms. The van der Waals surface area contributed by atoms with Gasteiger partial charge < -0.3 is 10.1 Å². The highest BCUT2D eigenvalue weighted by molar-refractivity contribution is 9.10. The summed E-state index contributed by atoms with van der Waals surface area (Å²) in [6.07, 6.45) is 6.99. The third-order valence-corrected chi connectivity index (χ3v) is 4.06. The molecular weight excluding hydrogens is 304 g/mol. The molecule has 1 aromatic heterocycles. The maximum Gasteiger partial charge on any atom is 0.0736 e. The van der Waals surface area contributed by atoms with Gasteiger partial charge in [-0.15, -0.1) is 0 Å². The number of ether oxygens (including phenoxy) is 1. The van der Waals surface area contributed by atoms with Crippen molar-refractivity contribution < 1.29 is 4.74 Å². The van der Waals surface area contributed by atoms with E-state index in [-0.39, 0.29) is 0 Å². The van der Waals surface area contributed by atoms with Crippen molar-refractivity contribution in [2.75, 3.05) is 6.54 Å². The third kappa shape index (κ3) is 4.55. The molecule has 0 aromatic carbocycles. The van der Waals surface area contributed by atoms with E-state index in [1.165, 1.54) is 6.42 Å². The molecule has 2 rings (SSSR count). The topological polar surface area (TPSA) is 34.2 Å². The summed E-state index contributed by atoms with van der Waals surface area (Å²) in [6, 6.07) is 4.51. The average Bonchev–Trinajstić information content (AvgIpc) is 2.83. The zero-order valence-corrected chi connectivity index (χ0v) is 13.3. The Kier molecular flexibility index (Phi) is 5.79. The summed E-state index contributed by atoms with van der Waals surface area (Å²) in [5.74, 6) is 0. The first kappa shape index (κ1) is 14.9. The van der Waals surface area contributed by atoms with Gasteiger partial charge in [-0.25, -0.2) is 0 Å². The SMILES string of the molecule is CCCNC(Cc1ccc(Br)cn1)C1CCC(C)O1. The minimum Gasteiger partial charge on any atom is -0.374 e. The van der Waals surface area contributed by atoms with Crippen LogP contribution in [0.25, 0.3) is 0 Å². The lowest BCUT2D eigenvalue weighted by atomic mass is 10.0. The van der Waals surface area contributed by atoms with Crippen molar-refractivity contribution in [3.63, 3.8) is 0 Å². The van der Waals surface area contributed by atoms with Gasteiger partial charge in [0, 0.05) is 28.8 Å². The lowest BCUT2D eigenvalue weighted by molar-refractivity contribution is 0.0319. The Morgan fingerprint density at radius 1 is 1.47 bits per heavy atom. The molecule has 4 heteroatoms. The van der Waals surface area contributed by atoms with Gasteiger partial charge in [-0.2, -0.15) is 0 Å². The normalized spacial score (nSPS) is 24.6. The van der Waals surface area contributed by atoms with E-state index in [1.807, 2.05) is 6.20 Å². The van der Waals surface area contributed by atoms with E-state index >= 15 is 0 Å². The van der Waals surface area contributed by atoms with Crippen LogP contribution in [0.3, 0.4) is 0 Å². The maximum absolute atomic E-state index is 6.02. The standard InChI is InChI=1S/C15H23BrN2O/c1-3-8-17-14(15-7-4-11(2)19-15)9-13-6-5-12(16)10-18-13/h5-6,10-11,14-15,17H,3-4,7-9H2,1-2H3. The molecule has 1 saturated heterocycles. The Hall–Kier alpha value is -0.450. The number of hydrogen-bond donors (Lipinski definition) is 1. The summed E-state index contributed by atoms with van der Waals surface area (Å²) in [5.41, 5.74) is 1.12. The third-order valence-electron chi connectivity index (χ3n) is 3.59. The molecule has 1 aliphatic heterocycles. The summed E-state index contributed by atoms with van der Waals surface area (Å²) in [7, 11) is 0. The van der Waals surface area contributed by atoms with Gasteiger partial charge in [0.2, 0.25) is 0 Å². The molecular formula is C15H23BrN2O. The maximum atomic E-state index is 6.02. The van der Waals surface area contributed by atoms with Crippen molar-refractivity contribution in [1.29, 1.82) is 0 Å². The Balaban J connectivity index is 1.98. The monoisotopic (exact) mass is 326 g/mol. The van der Waals surface area contributed by atoms with Crippen LogP contribution in [0, 0.1) is 0 Å². The zero-order chi connectivity index (χ0) is 13.7. The fraction of sp³-hybridized carbons (Fsp3) is 0.667. The van der Waals surface area contributed by atoms with Crippen LogP contribution < -0.4 is 5.32 Å². The number of halogens is 1. The second-order valence-electron chi connectivity index (χ2n) is 5.29. The fourth-order valence-corrected chi connectivity index (χ4v) is 2.78. The van der Waals surface area contributed by atoms with Gasteiger partial charge >= 0.3 is 0 Å². The molecule has 0 amide bonds. The van der Waals surface area contributed by atoms with Crippen LogP contribution in [0.5, 0.6) is 0 Å². The van der Waals surface area contributed by atoms with Gasteiger partial charge in [0.1, 0.15) is 0 Å². The molecule has 1 aromatic rings. The summed E-state index contributed by atoms with van der Waals surface area (Å²) in [5, 5.41) is 3.62. The average molecular weight is 327 g/mol. The van der Waals surface area contributed by atoms with Gasteiger partial charge in [0.05, 0.1) is 12.2 Å². The fourth-order valence-electron chi connectivity index (χ4n) is 2.55. The van der Waals surface area contributed by atoms with Crippen LogP contribution in [0.2, 0.25) is 0 Å². The van der Waals surface area contributed by atoms with E-state index in [0.717, 1.165) is 36.0 Å². The van der Waals surface area contributed by atoms with E-state index in [0.29, 0.717) is 18.2 Å². The van der Waals surface area contributed by atoms with Crippen molar-refractivity contribution in [2.45, 2.75) is 57.8 Å². The highest BCUT2D eigenvalue weighted by atomic mass is 79.9. The molecule has 106 valence electrons. The van der Waals surface area contributed by atoms with Gasteiger partial charge in [-0.05, 0) is 60.8 Å². The summed E-state index contributed by atoms with van der Waals surface area (Å²) in [4.78, 5) is 4.47. The number of nitrogens with zero attached hydrogens (tertiary/aromatic N) is 1. The van der Waals surface area contributed by atoms with Gasteiger partial charge in [-0.1, -0.05) is 6.92 Å².